The quantitative estimate of drug-likeness (QED) is 0.595. The number of fused-ring (bicyclic) bond motifs is 1. The molecule has 0 amide bonds. The average Bonchev–Trinajstić information content (AvgIpc) is 2.73. The van der Waals surface area contributed by atoms with Crippen LogP contribution < -0.4 is 5.69 Å². The van der Waals surface area contributed by atoms with E-state index in [2.05, 4.69) is 5.10 Å². The zero-order chi connectivity index (χ0) is 13.7. The third kappa shape index (κ3) is 3.09. The molecule has 0 radical (unpaired) electrons. The van der Waals surface area contributed by atoms with E-state index in [4.69, 9.17) is 4.74 Å². The van der Waals surface area contributed by atoms with Crippen molar-refractivity contribution in [2.24, 2.45) is 0 Å². The first-order chi connectivity index (χ1) is 9.22. The molecule has 0 N–H and O–H groups in total. The smallest absolute Gasteiger partial charge is 0.350 e. The lowest BCUT2D eigenvalue weighted by Gasteiger charge is -1.95. The molecule has 0 spiro atoms. The molecular formula is C13H15N3O3. The van der Waals surface area contributed by atoms with Gasteiger partial charge in [-0.1, -0.05) is 12.1 Å². The van der Waals surface area contributed by atoms with Gasteiger partial charge in [-0.05, 0) is 25.5 Å². The van der Waals surface area contributed by atoms with Gasteiger partial charge in [0.05, 0.1) is 6.61 Å². The van der Waals surface area contributed by atoms with Crippen LogP contribution in [0.5, 0.6) is 0 Å². The number of nitrogens with zero attached hydrogens (tertiary/aromatic N) is 3. The molecule has 0 unspecified atom stereocenters. The van der Waals surface area contributed by atoms with Crippen molar-refractivity contribution in [2.45, 2.75) is 19.9 Å². The van der Waals surface area contributed by atoms with Crippen LogP contribution in [-0.4, -0.2) is 26.8 Å². The van der Waals surface area contributed by atoms with Crippen LogP contribution in [0.2, 0.25) is 0 Å². The molecule has 19 heavy (non-hydrogen) atoms. The summed E-state index contributed by atoms with van der Waals surface area (Å²) in [6.45, 7) is 2.54. The predicted octanol–water partition coefficient (Wildman–Crippen LogP) is 1.01. The maximum absolute atomic E-state index is 11.9. The average molecular weight is 261 g/mol. The molecule has 2 heterocycles. The monoisotopic (exact) mass is 261 g/mol. The van der Waals surface area contributed by atoms with Gasteiger partial charge >= 0.3 is 11.7 Å². The molecule has 6 nitrogen and oxygen atoms in total. The topological polar surface area (TPSA) is 65.6 Å². The number of rotatable bonds is 5. The summed E-state index contributed by atoms with van der Waals surface area (Å²) < 4.78 is 7.61. The van der Waals surface area contributed by atoms with E-state index >= 15 is 0 Å². The molecule has 0 fully saturated rings. The van der Waals surface area contributed by atoms with Crippen LogP contribution in [-0.2, 0) is 16.1 Å². The van der Waals surface area contributed by atoms with Crippen LogP contribution in [0, 0.1) is 0 Å². The van der Waals surface area contributed by atoms with Gasteiger partial charge in [-0.2, -0.15) is 0 Å². The molecule has 2 aromatic rings. The Balaban J connectivity index is 2.01. The van der Waals surface area contributed by atoms with Gasteiger partial charge in [0.1, 0.15) is 0 Å². The minimum atomic E-state index is -0.371. The Labute approximate surface area is 109 Å². The summed E-state index contributed by atoms with van der Waals surface area (Å²) in [5.41, 5.74) is 0.432. The van der Waals surface area contributed by atoms with E-state index in [1.807, 2.05) is 6.07 Å². The van der Waals surface area contributed by atoms with Crippen LogP contribution in [0.3, 0.4) is 0 Å². The van der Waals surface area contributed by atoms with Crippen molar-refractivity contribution in [2.75, 3.05) is 6.61 Å². The van der Waals surface area contributed by atoms with Crippen molar-refractivity contribution in [3.8, 4) is 0 Å². The fourth-order valence-electron chi connectivity index (χ4n) is 1.68. The Morgan fingerprint density at radius 1 is 1.47 bits per heavy atom. The molecule has 0 atom stereocenters. The number of hydrogen-bond acceptors (Lipinski definition) is 4. The number of hydrogen-bond donors (Lipinski definition) is 0. The molecule has 100 valence electrons. The lowest BCUT2D eigenvalue weighted by molar-refractivity contribution is -0.137. The number of pyridine rings is 1. The third-order valence-electron chi connectivity index (χ3n) is 2.54. The Morgan fingerprint density at radius 2 is 2.32 bits per heavy atom. The molecule has 0 bridgehead atoms. The van der Waals surface area contributed by atoms with Crippen LogP contribution in [0.15, 0.2) is 41.3 Å². The summed E-state index contributed by atoms with van der Waals surface area (Å²) in [5, 5.41) is 4.18. The first kappa shape index (κ1) is 13.1. The first-order valence-corrected chi connectivity index (χ1v) is 6.10. The molecule has 0 aromatic carbocycles. The van der Waals surface area contributed by atoms with Gasteiger partial charge in [-0.15, -0.1) is 5.10 Å². The summed E-state index contributed by atoms with van der Waals surface area (Å²) in [7, 11) is 0. The maximum Gasteiger partial charge on any atom is 0.350 e. The highest BCUT2D eigenvalue weighted by atomic mass is 16.5. The van der Waals surface area contributed by atoms with Crippen LogP contribution in [0.4, 0.5) is 0 Å². The van der Waals surface area contributed by atoms with Crippen molar-refractivity contribution in [3.05, 3.63) is 47.0 Å². The fourth-order valence-corrected chi connectivity index (χ4v) is 1.68. The second-order valence-corrected chi connectivity index (χ2v) is 3.88. The number of aryl methyl sites for hydroxylation is 1. The minimum Gasteiger partial charge on any atom is -0.463 e. The van der Waals surface area contributed by atoms with Crippen molar-refractivity contribution in [3.63, 3.8) is 0 Å². The number of allylic oxidation sites excluding steroid dienone is 1. The maximum atomic E-state index is 11.9. The SMILES string of the molecule is CCOC(=O)C=CCCn1nc2ccccn2c1=O. The third-order valence-corrected chi connectivity index (χ3v) is 2.54. The molecule has 0 aliphatic carbocycles. The summed E-state index contributed by atoms with van der Waals surface area (Å²) >= 11 is 0. The zero-order valence-corrected chi connectivity index (χ0v) is 10.7. The molecule has 2 rings (SSSR count). The Kier molecular flexibility index (Phi) is 4.12. The van der Waals surface area contributed by atoms with Crippen LogP contribution >= 0.6 is 0 Å². The van der Waals surface area contributed by atoms with E-state index in [0.29, 0.717) is 25.2 Å². The van der Waals surface area contributed by atoms with Crippen LogP contribution in [0.25, 0.3) is 5.65 Å². The lowest BCUT2D eigenvalue weighted by atomic mass is 10.4. The summed E-state index contributed by atoms with van der Waals surface area (Å²) in [5.74, 6) is -0.371. The highest BCUT2D eigenvalue weighted by Crippen LogP contribution is 1.96. The number of ether oxygens (including phenoxy) is 1. The summed E-state index contributed by atoms with van der Waals surface area (Å²) in [4.78, 5) is 23.0. The molecule has 0 aliphatic rings. The van der Waals surface area contributed by atoms with Gasteiger partial charge in [0.25, 0.3) is 0 Å². The van der Waals surface area contributed by atoms with E-state index in [1.54, 1.807) is 31.3 Å². The van der Waals surface area contributed by atoms with Gasteiger partial charge in [0.15, 0.2) is 5.65 Å². The number of carbonyl (C=O) groups is 1. The largest absolute Gasteiger partial charge is 0.463 e. The lowest BCUT2D eigenvalue weighted by Crippen LogP contribution is -2.20. The van der Waals surface area contributed by atoms with Gasteiger partial charge in [-0.25, -0.2) is 14.3 Å². The Hall–Kier alpha value is -2.37. The number of esters is 1. The highest BCUT2D eigenvalue weighted by Gasteiger charge is 2.04. The van der Waals surface area contributed by atoms with E-state index in [1.165, 1.54) is 15.2 Å². The molecule has 6 heteroatoms. The fraction of sp³-hybridized carbons (Fsp3) is 0.308. The van der Waals surface area contributed by atoms with Crippen molar-refractivity contribution in [1.82, 2.24) is 14.2 Å². The van der Waals surface area contributed by atoms with Gasteiger partial charge in [-0.3, -0.25) is 4.40 Å². The van der Waals surface area contributed by atoms with E-state index in [9.17, 15) is 9.59 Å². The van der Waals surface area contributed by atoms with E-state index < -0.39 is 0 Å². The van der Waals surface area contributed by atoms with E-state index in [0.717, 1.165) is 0 Å². The molecule has 0 saturated carbocycles. The van der Waals surface area contributed by atoms with Crippen LogP contribution in [0.1, 0.15) is 13.3 Å². The van der Waals surface area contributed by atoms with Crippen molar-refractivity contribution < 1.29 is 9.53 Å². The van der Waals surface area contributed by atoms with Gasteiger partial charge < -0.3 is 4.74 Å². The second kappa shape index (κ2) is 5.99. The first-order valence-electron chi connectivity index (χ1n) is 6.10. The minimum absolute atomic E-state index is 0.180. The summed E-state index contributed by atoms with van der Waals surface area (Å²) in [6.07, 6.45) is 5.26. The standard InChI is InChI=1S/C13H15N3O3/c1-2-19-12(17)8-4-6-10-16-13(18)15-9-5-3-7-11(15)14-16/h3-5,7-9H,2,6,10H2,1H3. The second-order valence-electron chi connectivity index (χ2n) is 3.88. The zero-order valence-electron chi connectivity index (χ0n) is 10.7. The normalized spacial score (nSPS) is 11.2. The Bertz CT molecular complexity index is 654. The van der Waals surface area contributed by atoms with Crippen molar-refractivity contribution >= 4 is 11.6 Å². The van der Waals surface area contributed by atoms with Crippen molar-refractivity contribution in [1.29, 1.82) is 0 Å². The van der Waals surface area contributed by atoms with Gasteiger partial charge in [0.2, 0.25) is 0 Å². The summed E-state index contributed by atoms with van der Waals surface area (Å²) in [6, 6.07) is 5.38. The number of carbonyl (C=O) groups excluding carboxylic acids is 1. The molecule has 0 saturated heterocycles. The van der Waals surface area contributed by atoms with E-state index in [-0.39, 0.29) is 11.7 Å². The Morgan fingerprint density at radius 3 is 3.05 bits per heavy atom. The van der Waals surface area contributed by atoms with Gasteiger partial charge in [0, 0.05) is 18.8 Å². The molecule has 2 aromatic heterocycles. The predicted molar refractivity (Wildman–Crippen MR) is 69.8 cm³/mol. The highest BCUT2D eigenvalue weighted by molar-refractivity contribution is 5.81. The number of aromatic nitrogens is 3. The molecular weight excluding hydrogens is 246 g/mol. The molecule has 0 aliphatic heterocycles.